The molecule has 0 amide bonds. The van der Waals surface area contributed by atoms with Crippen LogP contribution < -0.4 is 4.89 Å². The molecule has 0 N–H and O–H groups in total. The molecule has 10 heteroatoms. The summed E-state index contributed by atoms with van der Waals surface area (Å²) in [7, 11) is 1.16. The standard InChI is InChI=1S/C66H124NO8P/c1-6-8-10-12-14-16-18-20-22-24-26-27-28-29-30-31-32-33-34-35-36-37-38-39-41-42-44-46-48-50-52-54-56-58-65(68)72-62-64(63-74-76(70,71)73-61-60-67(3,4)5)75-66(69)59-57-55-53-51-49-47-45-43-40-25-23-21-19-17-15-13-11-9-7-2/h9,11,15,17,21,23,40,43,64H,6-8,10,12-14,16,18-20,22,24-39,41-42,44-63H2,1-5H3/b11-9-,17-15-,23-21-,43-40-. The third kappa shape index (κ3) is 61.2. The van der Waals surface area contributed by atoms with Crippen LogP contribution in [0, 0.1) is 0 Å². The van der Waals surface area contributed by atoms with E-state index in [0.29, 0.717) is 17.4 Å². The Hall–Kier alpha value is -2.03. The summed E-state index contributed by atoms with van der Waals surface area (Å²) in [4.78, 5) is 37.9. The van der Waals surface area contributed by atoms with Crippen LogP contribution in [0.15, 0.2) is 48.6 Å². The molecular formula is C66H124NO8P. The number of esters is 2. The van der Waals surface area contributed by atoms with Gasteiger partial charge in [0.25, 0.3) is 7.82 Å². The molecular weight excluding hydrogens is 966 g/mol. The van der Waals surface area contributed by atoms with Gasteiger partial charge in [0.05, 0.1) is 27.7 Å². The van der Waals surface area contributed by atoms with Gasteiger partial charge in [-0.05, 0) is 51.4 Å². The van der Waals surface area contributed by atoms with Crippen LogP contribution in [0.3, 0.4) is 0 Å². The molecule has 0 spiro atoms. The van der Waals surface area contributed by atoms with Gasteiger partial charge in [0.2, 0.25) is 0 Å². The second-order valence-electron chi connectivity index (χ2n) is 23.1. The maximum absolute atomic E-state index is 12.8. The van der Waals surface area contributed by atoms with Crippen LogP contribution in [-0.2, 0) is 32.7 Å². The van der Waals surface area contributed by atoms with E-state index in [0.717, 1.165) is 83.5 Å². The first kappa shape index (κ1) is 74.0. The summed E-state index contributed by atoms with van der Waals surface area (Å²) >= 11 is 0. The van der Waals surface area contributed by atoms with Gasteiger partial charge in [0.15, 0.2) is 6.10 Å². The Kier molecular flexibility index (Phi) is 56.1. The number of unbranched alkanes of at least 4 members (excludes halogenated alkanes) is 38. The van der Waals surface area contributed by atoms with E-state index in [9.17, 15) is 19.0 Å². The number of phosphoric ester groups is 1. The fourth-order valence-corrected chi connectivity index (χ4v) is 10.1. The van der Waals surface area contributed by atoms with Crippen molar-refractivity contribution in [1.82, 2.24) is 0 Å². The van der Waals surface area contributed by atoms with Crippen molar-refractivity contribution in [1.29, 1.82) is 0 Å². The smallest absolute Gasteiger partial charge is 0.306 e. The van der Waals surface area contributed by atoms with E-state index < -0.39 is 26.5 Å². The fourth-order valence-electron chi connectivity index (χ4n) is 9.42. The Morgan fingerprint density at radius 3 is 1.12 bits per heavy atom. The molecule has 0 saturated heterocycles. The maximum Gasteiger partial charge on any atom is 0.306 e. The van der Waals surface area contributed by atoms with E-state index in [2.05, 4.69) is 62.5 Å². The highest BCUT2D eigenvalue weighted by Crippen LogP contribution is 2.38. The molecule has 0 rings (SSSR count). The summed E-state index contributed by atoms with van der Waals surface area (Å²) in [5, 5.41) is 0. The lowest BCUT2D eigenvalue weighted by molar-refractivity contribution is -0.870. The first-order valence-corrected chi connectivity index (χ1v) is 33.8. The third-order valence-corrected chi connectivity index (χ3v) is 15.3. The SMILES string of the molecule is CC/C=C\C/C=C\C/C=C\C/C=C\CCCCCCCCC(=O)OC(COC(=O)CCCCCCCCCCCCCCCCCCCCCCCCCCCCCCCCCCC)COP(=O)([O-])OCC[N+](C)(C)C. The van der Waals surface area contributed by atoms with Gasteiger partial charge in [-0.2, -0.15) is 0 Å². The summed E-state index contributed by atoms with van der Waals surface area (Å²) in [6.07, 6.45) is 73.4. The Morgan fingerprint density at radius 1 is 0.421 bits per heavy atom. The number of phosphoric acid groups is 1. The van der Waals surface area contributed by atoms with Crippen LogP contribution in [0.5, 0.6) is 0 Å². The highest BCUT2D eigenvalue weighted by atomic mass is 31.2. The first-order chi connectivity index (χ1) is 37.0. The fraction of sp³-hybridized carbons (Fsp3) is 0.848. The Labute approximate surface area is 471 Å². The van der Waals surface area contributed by atoms with Gasteiger partial charge in [-0.15, -0.1) is 0 Å². The molecule has 9 nitrogen and oxygen atoms in total. The second kappa shape index (κ2) is 57.6. The van der Waals surface area contributed by atoms with Gasteiger partial charge in [-0.3, -0.25) is 14.2 Å². The molecule has 2 unspecified atom stereocenters. The van der Waals surface area contributed by atoms with Gasteiger partial charge in [0, 0.05) is 12.8 Å². The van der Waals surface area contributed by atoms with E-state index in [1.807, 2.05) is 21.1 Å². The largest absolute Gasteiger partial charge is 0.756 e. The number of carbonyl (C=O) groups excluding carboxylic acids is 2. The molecule has 0 aliphatic rings. The Bertz CT molecular complexity index is 1420. The lowest BCUT2D eigenvalue weighted by Gasteiger charge is -2.28. The van der Waals surface area contributed by atoms with Gasteiger partial charge in [0.1, 0.15) is 19.8 Å². The number of quaternary nitrogens is 1. The van der Waals surface area contributed by atoms with Gasteiger partial charge in [-0.1, -0.05) is 294 Å². The van der Waals surface area contributed by atoms with E-state index >= 15 is 0 Å². The molecule has 0 fully saturated rings. The number of carbonyl (C=O) groups is 2. The summed E-state index contributed by atoms with van der Waals surface area (Å²) in [5.74, 6) is -0.838. The van der Waals surface area contributed by atoms with Crippen LogP contribution in [0.2, 0.25) is 0 Å². The van der Waals surface area contributed by atoms with Crippen molar-refractivity contribution < 1.29 is 42.1 Å². The topological polar surface area (TPSA) is 111 Å². The number of hydrogen-bond acceptors (Lipinski definition) is 8. The minimum absolute atomic E-state index is 0.0338. The van der Waals surface area contributed by atoms with E-state index in [-0.39, 0.29) is 32.0 Å². The summed E-state index contributed by atoms with van der Waals surface area (Å²) in [6.45, 7) is 4.15. The quantitative estimate of drug-likeness (QED) is 0.0195. The summed E-state index contributed by atoms with van der Waals surface area (Å²) in [5.41, 5.74) is 0. The predicted octanol–water partition coefficient (Wildman–Crippen LogP) is 19.9. The minimum Gasteiger partial charge on any atom is -0.756 e. The number of rotatable bonds is 60. The Morgan fingerprint density at radius 2 is 0.750 bits per heavy atom. The zero-order valence-corrected chi connectivity index (χ0v) is 51.6. The van der Waals surface area contributed by atoms with E-state index in [1.54, 1.807) is 0 Å². The average Bonchev–Trinajstić information content (AvgIpc) is 3.38. The minimum atomic E-state index is -4.64. The maximum atomic E-state index is 12.8. The van der Waals surface area contributed by atoms with Crippen LogP contribution >= 0.6 is 7.82 Å². The first-order valence-electron chi connectivity index (χ1n) is 32.3. The zero-order valence-electron chi connectivity index (χ0n) is 50.7. The van der Waals surface area contributed by atoms with Gasteiger partial charge in [-0.25, -0.2) is 0 Å². The van der Waals surface area contributed by atoms with Gasteiger partial charge >= 0.3 is 11.9 Å². The van der Waals surface area contributed by atoms with Crippen LogP contribution in [0.1, 0.15) is 309 Å². The monoisotopic (exact) mass is 1090 g/mol. The molecule has 0 aromatic heterocycles. The van der Waals surface area contributed by atoms with Crippen molar-refractivity contribution in [3.05, 3.63) is 48.6 Å². The molecule has 0 aliphatic heterocycles. The average molecular weight is 1090 g/mol. The summed E-state index contributed by atoms with van der Waals surface area (Å²) in [6, 6.07) is 0. The molecule has 0 aromatic rings. The third-order valence-electron chi connectivity index (χ3n) is 14.4. The number of allylic oxidation sites excluding steroid dienone is 8. The predicted molar refractivity (Wildman–Crippen MR) is 324 cm³/mol. The number of ether oxygens (including phenoxy) is 2. The Balaban J connectivity index is 3.99. The molecule has 76 heavy (non-hydrogen) atoms. The highest BCUT2D eigenvalue weighted by molar-refractivity contribution is 7.45. The van der Waals surface area contributed by atoms with E-state index in [1.165, 1.54) is 193 Å². The van der Waals surface area contributed by atoms with Crippen LogP contribution in [0.4, 0.5) is 0 Å². The molecule has 0 heterocycles. The molecule has 0 aromatic carbocycles. The zero-order chi connectivity index (χ0) is 55.6. The number of hydrogen-bond donors (Lipinski definition) is 0. The van der Waals surface area contributed by atoms with Crippen molar-refractivity contribution in [3.63, 3.8) is 0 Å². The van der Waals surface area contributed by atoms with Crippen molar-refractivity contribution in [3.8, 4) is 0 Å². The second-order valence-corrected chi connectivity index (χ2v) is 24.5. The molecule has 0 bridgehead atoms. The van der Waals surface area contributed by atoms with Crippen molar-refractivity contribution in [2.24, 2.45) is 0 Å². The van der Waals surface area contributed by atoms with E-state index in [4.69, 9.17) is 18.5 Å². The summed E-state index contributed by atoms with van der Waals surface area (Å²) < 4.78 is 34.2. The van der Waals surface area contributed by atoms with Crippen molar-refractivity contribution >= 4 is 19.8 Å². The van der Waals surface area contributed by atoms with Crippen LogP contribution in [0.25, 0.3) is 0 Å². The van der Waals surface area contributed by atoms with Crippen LogP contribution in [-0.4, -0.2) is 70.0 Å². The molecule has 446 valence electrons. The number of likely N-dealkylation sites (N-methyl/N-ethyl adjacent to an activating group) is 1. The molecule has 0 saturated carbocycles. The normalized spacial score (nSPS) is 13.5. The highest BCUT2D eigenvalue weighted by Gasteiger charge is 2.22. The molecule has 0 radical (unpaired) electrons. The van der Waals surface area contributed by atoms with Crippen molar-refractivity contribution in [2.45, 2.75) is 315 Å². The molecule has 0 aliphatic carbocycles. The molecule has 2 atom stereocenters. The number of nitrogens with zero attached hydrogens (tertiary/aromatic N) is 1. The van der Waals surface area contributed by atoms with Gasteiger partial charge < -0.3 is 27.9 Å². The lowest BCUT2D eigenvalue weighted by Crippen LogP contribution is -2.37. The lowest BCUT2D eigenvalue weighted by atomic mass is 10.0. The van der Waals surface area contributed by atoms with Crippen molar-refractivity contribution in [2.75, 3.05) is 47.5 Å².